The summed E-state index contributed by atoms with van der Waals surface area (Å²) in [7, 11) is -1.55. The molecule has 0 bridgehead atoms. The second kappa shape index (κ2) is 8.99. The van der Waals surface area contributed by atoms with Crippen LogP contribution in [0.15, 0.2) is 63.9 Å². The molecule has 1 heterocycles. The molecule has 0 unspecified atom stereocenters. The smallest absolute Gasteiger partial charge is 0.373 e. The fourth-order valence-electron chi connectivity index (χ4n) is 2.74. The molecule has 3 aromatic rings. The van der Waals surface area contributed by atoms with Crippen LogP contribution in [0.25, 0.3) is 0 Å². The first-order chi connectivity index (χ1) is 14.3. The van der Waals surface area contributed by atoms with E-state index in [-0.39, 0.29) is 38.7 Å². The molecule has 0 N–H and O–H groups in total. The summed E-state index contributed by atoms with van der Waals surface area (Å²) < 4.78 is 43.6. The summed E-state index contributed by atoms with van der Waals surface area (Å²) in [6.45, 7) is -0.234. The van der Waals surface area contributed by atoms with Crippen LogP contribution in [0.1, 0.15) is 16.3 Å². The fraction of sp³-hybridized carbons (Fsp3) is 0.150. The minimum absolute atomic E-state index is 0.00833. The number of nitrogens with zero attached hydrogens (tertiary/aromatic N) is 1. The highest BCUT2D eigenvalue weighted by Crippen LogP contribution is 2.36. The van der Waals surface area contributed by atoms with Gasteiger partial charge in [0, 0.05) is 5.02 Å². The number of rotatable bonds is 7. The minimum Gasteiger partial charge on any atom is -0.495 e. The van der Waals surface area contributed by atoms with Crippen LogP contribution in [0, 0.1) is 0 Å². The van der Waals surface area contributed by atoms with Crippen molar-refractivity contribution in [3.05, 3.63) is 76.2 Å². The lowest BCUT2D eigenvalue weighted by molar-refractivity contribution is 0.0563. The van der Waals surface area contributed by atoms with Gasteiger partial charge in [-0.2, -0.15) is 0 Å². The molecule has 30 heavy (non-hydrogen) atoms. The molecule has 1 aromatic heterocycles. The Morgan fingerprint density at radius 1 is 1.07 bits per heavy atom. The Morgan fingerprint density at radius 2 is 1.80 bits per heavy atom. The molecule has 0 atom stereocenters. The molecule has 0 fully saturated rings. The first-order valence-electron chi connectivity index (χ1n) is 8.55. The van der Waals surface area contributed by atoms with Crippen LogP contribution in [-0.4, -0.2) is 28.6 Å². The Kier molecular flexibility index (Phi) is 6.60. The molecular weight excluding hydrogens is 453 g/mol. The zero-order valence-corrected chi connectivity index (χ0v) is 18.3. The van der Waals surface area contributed by atoms with E-state index in [9.17, 15) is 13.2 Å². The van der Waals surface area contributed by atoms with Gasteiger partial charge in [0.1, 0.15) is 16.4 Å². The number of para-hydroxylation sites is 2. The van der Waals surface area contributed by atoms with Crippen molar-refractivity contribution >= 4 is 44.9 Å². The number of ether oxygens (including phenoxy) is 2. The van der Waals surface area contributed by atoms with Gasteiger partial charge in [-0.1, -0.05) is 35.3 Å². The van der Waals surface area contributed by atoms with E-state index >= 15 is 0 Å². The van der Waals surface area contributed by atoms with E-state index < -0.39 is 16.0 Å². The fourth-order valence-corrected chi connectivity index (χ4v) is 4.93. The highest BCUT2D eigenvalue weighted by Gasteiger charge is 2.31. The number of furan rings is 1. The lowest BCUT2D eigenvalue weighted by Gasteiger charge is -2.25. The Hall–Kier alpha value is -2.68. The van der Waals surface area contributed by atoms with Crippen LogP contribution in [0.5, 0.6) is 5.75 Å². The summed E-state index contributed by atoms with van der Waals surface area (Å²) in [6, 6.07) is 13.6. The third kappa shape index (κ3) is 4.40. The summed E-state index contributed by atoms with van der Waals surface area (Å²) in [5.41, 5.74) is 0.257. The van der Waals surface area contributed by atoms with E-state index in [0.29, 0.717) is 5.75 Å². The van der Waals surface area contributed by atoms with Gasteiger partial charge < -0.3 is 13.9 Å². The van der Waals surface area contributed by atoms with Crippen molar-refractivity contribution in [3.63, 3.8) is 0 Å². The number of carbonyl (C=O) groups excluding carboxylic acids is 1. The molecule has 7 nitrogen and oxygen atoms in total. The maximum absolute atomic E-state index is 13.6. The van der Waals surface area contributed by atoms with Crippen LogP contribution in [0.2, 0.25) is 10.0 Å². The maximum atomic E-state index is 13.6. The first kappa shape index (κ1) is 22.0. The van der Waals surface area contributed by atoms with Crippen LogP contribution in [0.3, 0.4) is 0 Å². The van der Waals surface area contributed by atoms with Gasteiger partial charge in [-0.25, -0.2) is 13.2 Å². The predicted molar refractivity (Wildman–Crippen MR) is 113 cm³/mol. The average molecular weight is 470 g/mol. The molecule has 0 radical (unpaired) electrons. The Balaban J connectivity index is 2.14. The monoisotopic (exact) mass is 469 g/mol. The topological polar surface area (TPSA) is 86.0 Å². The number of anilines is 1. The molecule has 0 saturated carbocycles. The van der Waals surface area contributed by atoms with Crippen molar-refractivity contribution < 1.29 is 27.1 Å². The first-order valence-corrected chi connectivity index (χ1v) is 10.8. The Bertz CT molecular complexity index is 1180. The molecular formula is C20H17Cl2NO6S. The highest BCUT2D eigenvalue weighted by molar-refractivity contribution is 7.93. The largest absolute Gasteiger partial charge is 0.495 e. The average Bonchev–Trinajstić information content (AvgIpc) is 3.21. The molecule has 0 aliphatic rings. The lowest BCUT2D eigenvalue weighted by atomic mass is 10.3. The van der Waals surface area contributed by atoms with Crippen molar-refractivity contribution in [2.24, 2.45) is 0 Å². The molecule has 10 heteroatoms. The maximum Gasteiger partial charge on any atom is 0.373 e. The molecule has 3 rings (SSSR count). The molecule has 0 aliphatic carbocycles. The SMILES string of the molecule is COC(=O)c1ccc(CN(c2ccccc2OC)S(=O)(=O)c2cc(Cl)ccc2Cl)o1. The van der Waals surface area contributed by atoms with Gasteiger partial charge in [-0.05, 0) is 42.5 Å². The molecule has 0 saturated heterocycles. The van der Waals surface area contributed by atoms with Crippen LogP contribution >= 0.6 is 23.2 Å². The zero-order chi connectivity index (χ0) is 21.9. The van der Waals surface area contributed by atoms with Crippen molar-refractivity contribution in [1.82, 2.24) is 0 Å². The summed E-state index contributed by atoms with van der Waals surface area (Å²) in [5.74, 6) is -0.196. The van der Waals surface area contributed by atoms with Gasteiger partial charge >= 0.3 is 5.97 Å². The van der Waals surface area contributed by atoms with E-state index in [4.69, 9.17) is 32.4 Å². The summed E-state index contributed by atoms with van der Waals surface area (Å²) in [4.78, 5) is 11.5. The summed E-state index contributed by atoms with van der Waals surface area (Å²) >= 11 is 12.2. The Morgan fingerprint density at radius 3 is 2.50 bits per heavy atom. The van der Waals surface area contributed by atoms with Crippen molar-refractivity contribution in [2.75, 3.05) is 18.5 Å². The molecule has 0 aliphatic heterocycles. The van der Waals surface area contributed by atoms with Crippen molar-refractivity contribution in [1.29, 1.82) is 0 Å². The number of halogens is 2. The van der Waals surface area contributed by atoms with Crippen LogP contribution in [-0.2, 0) is 21.3 Å². The van der Waals surface area contributed by atoms with E-state index in [2.05, 4.69) is 4.74 Å². The van der Waals surface area contributed by atoms with E-state index in [1.807, 2.05) is 0 Å². The van der Waals surface area contributed by atoms with Gasteiger partial charge in [-0.15, -0.1) is 0 Å². The highest BCUT2D eigenvalue weighted by atomic mass is 35.5. The van der Waals surface area contributed by atoms with Gasteiger partial charge in [-0.3, -0.25) is 4.31 Å². The van der Waals surface area contributed by atoms with Crippen LogP contribution < -0.4 is 9.04 Å². The quantitative estimate of drug-likeness (QED) is 0.462. The normalized spacial score (nSPS) is 11.2. The van der Waals surface area contributed by atoms with Gasteiger partial charge in [0.25, 0.3) is 10.0 Å². The number of esters is 1. The number of benzene rings is 2. The number of sulfonamides is 1. The molecule has 158 valence electrons. The lowest BCUT2D eigenvalue weighted by Crippen LogP contribution is -2.31. The van der Waals surface area contributed by atoms with E-state index in [0.717, 1.165) is 4.31 Å². The number of methoxy groups -OCH3 is 2. The van der Waals surface area contributed by atoms with Gasteiger partial charge in [0.05, 0.1) is 31.5 Å². The van der Waals surface area contributed by atoms with Crippen molar-refractivity contribution in [2.45, 2.75) is 11.4 Å². The predicted octanol–water partition coefficient (Wildman–Crippen LogP) is 4.78. The third-order valence-electron chi connectivity index (χ3n) is 4.16. The zero-order valence-electron chi connectivity index (χ0n) is 16.0. The second-order valence-electron chi connectivity index (χ2n) is 6.02. The minimum atomic E-state index is -4.19. The molecule has 0 spiro atoms. The van der Waals surface area contributed by atoms with E-state index in [1.54, 1.807) is 24.3 Å². The summed E-state index contributed by atoms with van der Waals surface area (Å²) in [6.07, 6.45) is 0. The standard InChI is InChI=1S/C20H17Cl2NO6S/c1-27-17-6-4-3-5-16(17)23(12-14-8-10-18(29-14)20(24)28-2)30(25,26)19-11-13(21)7-9-15(19)22/h3-11H,12H2,1-2H3. The summed E-state index contributed by atoms with van der Waals surface area (Å²) in [5, 5.41) is 0.220. The van der Waals surface area contributed by atoms with Gasteiger partial charge in [0.15, 0.2) is 0 Å². The molecule has 0 amide bonds. The Labute approximate surface area is 183 Å². The van der Waals surface area contributed by atoms with Gasteiger partial charge in [0.2, 0.25) is 5.76 Å². The number of carbonyl (C=O) groups is 1. The van der Waals surface area contributed by atoms with E-state index in [1.165, 1.54) is 44.6 Å². The number of hydrogen-bond acceptors (Lipinski definition) is 6. The second-order valence-corrected chi connectivity index (χ2v) is 8.69. The number of hydrogen-bond donors (Lipinski definition) is 0. The van der Waals surface area contributed by atoms with Crippen LogP contribution in [0.4, 0.5) is 5.69 Å². The third-order valence-corrected chi connectivity index (χ3v) is 6.64. The molecule has 2 aromatic carbocycles. The van der Waals surface area contributed by atoms with Crippen molar-refractivity contribution in [3.8, 4) is 5.75 Å².